The number of aryl methyl sites for hydroxylation is 2. The molecule has 1 amide bonds. The maximum atomic E-state index is 12.7. The summed E-state index contributed by atoms with van der Waals surface area (Å²) in [6.07, 6.45) is -3.26. The highest BCUT2D eigenvalue weighted by atomic mass is 32.2. The van der Waals surface area contributed by atoms with Crippen molar-refractivity contribution in [2.45, 2.75) is 26.8 Å². The Labute approximate surface area is 238 Å². The second-order valence-electron chi connectivity index (χ2n) is 9.11. The van der Waals surface area contributed by atoms with E-state index in [9.17, 15) is 18.0 Å². The number of hydrazone groups is 1. The Morgan fingerprint density at radius 2 is 1.71 bits per heavy atom. The lowest BCUT2D eigenvalue weighted by molar-refractivity contribution is -0.274. The summed E-state index contributed by atoms with van der Waals surface area (Å²) < 4.78 is 47.9. The molecule has 2 heterocycles. The first-order valence-corrected chi connectivity index (χ1v) is 13.4. The lowest BCUT2D eigenvalue weighted by Crippen LogP contribution is -2.31. The van der Waals surface area contributed by atoms with Gasteiger partial charge in [0.25, 0.3) is 0 Å². The van der Waals surface area contributed by atoms with Crippen LogP contribution in [0.5, 0.6) is 11.5 Å². The van der Waals surface area contributed by atoms with E-state index in [1.807, 2.05) is 50.2 Å². The van der Waals surface area contributed by atoms with Crippen LogP contribution in [-0.2, 0) is 11.3 Å². The predicted molar refractivity (Wildman–Crippen MR) is 150 cm³/mol. The third-order valence-electron chi connectivity index (χ3n) is 6.19. The number of rotatable bonds is 8. The number of halogens is 3. The van der Waals surface area contributed by atoms with Crippen LogP contribution in [-0.4, -0.2) is 45.1 Å². The Hall–Kier alpha value is -4.52. The van der Waals surface area contributed by atoms with Crippen molar-refractivity contribution in [3.63, 3.8) is 0 Å². The lowest BCUT2D eigenvalue weighted by atomic mass is 10.1. The van der Waals surface area contributed by atoms with Gasteiger partial charge in [0.15, 0.2) is 11.0 Å². The number of thioether (sulfide) groups is 1. The van der Waals surface area contributed by atoms with Crippen molar-refractivity contribution >= 4 is 28.5 Å². The molecule has 0 unspecified atom stereocenters. The number of aromatic nitrogens is 3. The SMILES string of the molecule is COc1cc(C)c(N2C(=O)CS/C2=N/NCc2ccc(-c3ncn(-c4ccc(OC(F)(F)F)cc4)n3)cc2)c(C)c1. The Morgan fingerprint density at radius 1 is 1.02 bits per heavy atom. The van der Waals surface area contributed by atoms with E-state index in [1.54, 1.807) is 12.0 Å². The summed E-state index contributed by atoms with van der Waals surface area (Å²) in [4.78, 5) is 18.7. The normalized spacial score (nSPS) is 14.5. The van der Waals surface area contributed by atoms with Crippen LogP contribution in [0.25, 0.3) is 17.1 Å². The van der Waals surface area contributed by atoms with E-state index in [1.165, 1.54) is 47.0 Å². The molecule has 0 aliphatic carbocycles. The van der Waals surface area contributed by atoms with Gasteiger partial charge in [0.2, 0.25) is 5.91 Å². The van der Waals surface area contributed by atoms with Gasteiger partial charge in [0, 0.05) is 5.56 Å². The summed E-state index contributed by atoms with van der Waals surface area (Å²) in [5, 5.41) is 9.50. The van der Waals surface area contributed by atoms with E-state index in [0.717, 1.165) is 33.7 Å². The minimum atomic E-state index is -4.75. The number of anilines is 1. The minimum absolute atomic E-state index is 0.0335. The summed E-state index contributed by atoms with van der Waals surface area (Å²) in [6, 6.07) is 16.7. The van der Waals surface area contributed by atoms with Crippen LogP contribution in [0.3, 0.4) is 0 Å². The molecule has 41 heavy (non-hydrogen) atoms. The first kappa shape index (κ1) is 28.0. The molecule has 13 heteroatoms. The molecule has 3 aromatic carbocycles. The van der Waals surface area contributed by atoms with E-state index < -0.39 is 6.36 Å². The number of nitrogens with zero attached hydrogens (tertiary/aromatic N) is 5. The number of methoxy groups -OCH3 is 1. The van der Waals surface area contributed by atoms with Gasteiger partial charge in [-0.15, -0.1) is 18.3 Å². The second kappa shape index (κ2) is 11.5. The van der Waals surface area contributed by atoms with Crippen LogP contribution >= 0.6 is 11.8 Å². The van der Waals surface area contributed by atoms with Gasteiger partial charge in [-0.25, -0.2) is 9.67 Å². The molecule has 212 valence electrons. The smallest absolute Gasteiger partial charge is 0.497 e. The monoisotopic (exact) mass is 582 g/mol. The molecule has 0 saturated carbocycles. The van der Waals surface area contributed by atoms with Crippen LogP contribution in [0.1, 0.15) is 16.7 Å². The number of carbonyl (C=O) groups is 1. The topological polar surface area (TPSA) is 93.9 Å². The van der Waals surface area contributed by atoms with Gasteiger partial charge in [0.05, 0.1) is 30.8 Å². The molecule has 1 saturated heterocycles. The van der Waals surface area contributed by atoms with Gasteiger partial charge in [-0.1, -0.05) is 36.0 Å². The molecular weight excluding hydrogens is 557 g/mol. The molecule has 1 N–H and O–H groups in total. The third-order valence-corrected chi connectivity index (χ3v) is 7.11. The molecule has 0 radical (unpaired) electrons. The number of ether oxygens (including phenoxy) is 2. The number of hydrogen-bond donors (Lipinski definition) is 1. The van der Waals surface area contributed by atoms with Crippen molar-refractivity contribution in [1.82, 2.24) is 20.2 Å². The van der Waals surface area contributed by atoms with Crippen LogP contribution < -0.4 is 19.8 Å². The van der Waals surface area contributed by atoms with Gasteiger partial charge in [0.1, 0.15) is 17.8 Å². The van der Waals surface area contributed by atoms with E-state index in [-0.39, 0.29) is 11.7 Å². The van der Waals surface area contributed by atoms with Crippen molar-refractivity contribution in [3.8, 4) is 28.6 Å². The number of alkyl halides is 3. The Morgan fingerprint density at radius 3 is 2.34 bits per heavy atom. The zero-order valence-electron chi connectivity index (χ0n) is 22.3. The Bertz CT molecular complexity index is 1560. The van der Waals surface area contributed by atoms with Crippen molar-refractivity contribution in [2.75, 3.05) is 17.8 Å². The van der Waals surface area contributed by atoms with Crippen LogP contribution in [0.4, 0.5) is 18.9 Å². The number of nitrogens with one attached hydrogen (secondary N) is 1. The van der Waals surface area contributed by atoms with Gasteiger partial charge < -0.3 is 14.9 Å². The quantitative estimate of drug-likeness (QED) is 0.271. The van der Waals surface area contributed by atoms with Crippen LogP contribution in [0.2, 0.25) is 0 Å². The summed E-state index contributed by atoms with van der Waals surface area (Å²) in [5.41, 5.74) is 7.97. The number of hydrogen-bond acceptors (Lipinski definition) is 8. The fourth-order valence-electron chi connectivity index (χ4n) is 4.34. The Kier molecular flexibility index (Phi) is 7.88. The van der Waals surface area contributed by atoms with E-state index >= 15 is 0 Å². The highest BCUT2D eigenvalue weighted by Crippen LogP contribution is 2.34. The zero-order valence-corrected chi connectivity index (χ0v) is 23.1. The predicted octanol–water partition coefficient (Wildman–Crippen LogP) is 5.60. The van der Waals surface area contributed by atoms with E-state index in [2.05, 4.69) is 25.3 Å². The van der Waals surface area contributed by atoms with Gasteiger partial charge in [-0.2, -0.15) is 5.10 Å². The second-order valence-corrected chi connectivity index (χ2v) is 10.1. The maximum absolute atomic E-state index is 12.7. The lowest BCUT2D eigenvalue weighted by Gasteiger charge is -2.21. The van der Waals surface area contributed by atoms with Crippen molar-refractivity contribution < 1.29 is 27.4 Å². The van der Waals surface area contributed by atoms with Gasteiger partial charge in [-0.05, 0) is 66.9 Å². The van der Waals surface area contributed by atoms with E-state index in [4.69, 9.17) is 4.74 Å². The summed E-state index contributed by atoms with van der Waals surface area (Å²) in [5.74, 6) is 1.16. The fourth-order valence-corrected chi connectivity index (χ4v) is 5.17. The molecule has 0 bridgehead atoms. The number of carbonyl (C=O) groups excluding carboxylic acids is 1. The average Bonchev–Trinajstić information content (AvgIpc) is 3.56. The first-order chi connectivity index (χ1) is 19.6. The molecular formula is C28H25F3N6O3S. The summed E-state index contributed by atoms with van der Waals surface area (Å²) in [6.45, 7) is 4.31. The molecule has 0 spiro atoms. The molecule has 9 nitrogen and oxygen atoms in total. The highest BCUT2D eigenvalue weighted by molar-refractivity contribution is 8.15. The molecule has 4 aromatic rings. The zero-order chi connectivity index (χ0) is 29.1. The molecule has 1 aromatic heterocycles. The van der Waals surface area contributed by atoms with Crippen LogP contribution in [0, 0.1) is 13.8 Å². The Balaban J connectivity index is 1.23. The molecule has 0 atom stereocenters. The molecule has 1 aliphatic rings. The minimum Gasteiger partial charge on any atom is -0.497 e. The summed E-state index contributed by atoms with van der Waals surface area (Å²) in [7, 11) is 1.61. The van der Waals surface area contributed by atoms with E-state index in [0.29, 0.717) is 29.0 Å². The van der Waals surface area contributed by atoms with Gasteiger partial charge in [-0.3, -0.25) is 9.69 Å². The third kappa shape index (κ3) is 6.46. The van der Waals surface area contributed by atoms with Crippen molar-refractivity contribution in [3.05, 3.63) is 83.7 Å². The number of benzene rings is 3. The highest BCUT2D eigenvalue weighted by Gasteiger charge is 2.32. The maximum Gasteiger partial charge on any atom is 0.573 e. The van der Waals surface area contributed by atoms with Crippen molar-refractivity contribution in [1.29, 1.82) is 0 Å². The van der Waals surface area contributed by atoms with Gasteiger partial charge >= 0.3 is 6.36 Å². The molecule has 1 aliphatic heterocycles. The first-order valence-electron chi connectivity index (χ1n) is 12.4. The summed E-state index contributed by atoms with van der Waals surface area (Å²) >= 11 is 1.38. The fraction of sp³-hybridized carbons (Fsp3) is 0.214. The standard InChI is InChI=1S/C28H25F3N6O3S/c1-17-12-23(39-3)13-18(2)25(17)37-24(38)15-41-27(37)34-33-14-19-4-6-20(7-5-19)26-32-16-36(35-26)21-8-10-22(11-9-21)40-28(29,30)31/h4-13,16,33H,14-15H2,1-3H3/b34-27+. The van der Waals surface area contributed by atoms with Crippen molar-refractivity contribution in [2.24, 2.45) is 5.10 Å². The van der Waals surface area contributed by atoms with Crippen LogP contribution in [0.15, 0.2) is 72.1 Å². The average molecular weight is 583 g/mol. The number of amides is 1. The molecule has 1 fully saturated rings. The largest absolute Gasteiger partial charge is 0.573 e. The number of amidine groups is 1. The molecule has 5 rings (SSSR count).